The Kier molecular flexibility index (Phi) is 8.31. The van der Waals surface area contributed by atoms with E-state index in [1.165, 1.54) is 0 Å². The number of para-hydroxylation sites is 4. The Morgan fingerprint density at radius 1 is 0.339 bits per heavy atom. The molecular weight excluding hydrogens is 693 g/mol. The fourth-order valence-electron chi connectivity index (χ4n) is 7.10. The number of fused-ring (bicyclic) bond motifs is 2. The second kappa shape index (κ2) is 14.2. The maximum atomic E-state index is 6.55. The molecule has 4 heterocycles. The lowest BCUT2D eigenvalue weighted by molar-refractivity contribution is 0.616. The van der Waals surface area contributed by atoms with Crippen LogP contribution in [0.1, 0.15) is 0 Å². The third kappa shape index (κ3) is 6.11. The van der Waals surface area contributed by atoms with Crippen LogP contribution in [0.15, 0.2) is 203 Å². The maximum absolute atomic E-state index is 6.55. The summed E-state index contributed by atoms with van der Waals surface area (Å²) in [7, 11) is 0. The molecule has 0 saturated heterocycles. The number of rotatable bonds is 9. The number of pyridine rings is 2. The van der Waals surface area contributed by atoms with Gasteiger partial charge in [0, 0.05) is 57.4 Å². The van der Waals surface area contributed by atoms with Crippen molar-refractivity contribution < 1.29 is 8.83 Å². The van der Waals surface area contributed by atoms with E-state index in [0.29, 0.717) is 22.9 Å². The van der Waals surface area contributed by atoms with Gasteiger partial charge in [0.1, 0.15) is 11.0 Å². The summed E-state index contributed by atoms with van der Waals surface area (Å²) in [6.45, 7) is 0. The first-order chi connectivity index (χ1) is 27.8. The van der Waals surface area contributed by atoms with E-state index in [1.807, 2.05) is 122 Å². The van der Waals surface area contributed by atoms with Crippen LogP contribution in [0.3, 0.4) is 0 Å². The Labute approximate surface area is 322 Å². The first-order valence-corrected chi connectivity index (χ1v) is 18.3. The van der Waals surface area contributed by atoms with Gasteiger partial charge < -0.3 is 18.6 Å². The van der Waals surface area contributed by atoms with Crippen molar-refractivity contribution >= 4 is 56.3 Å². The fourth-order valence-corrected chi connectivity index (χ4v) is 7.10. The minimum atomic E-state index is 0.535. The molecule has 0 aliphatic heterocycles. The largest absolute Gasteiger partial charge is 0.435 e. The molecule has 0 aliphatic rings. The molecule has 8 heteroatoms. The van der Waals surface area contributed by atoms with Crippen LogP contribution in [0.4, 0.5) is 34.1 Å². The summed E-state index contributed by atoms with van der Waals surface area (Å²) in [6.07, 6.45) is 7.29. The van der Waals surface area contributed by atoms with Crippen LogP contribution < -0.4 is 9.80 Å². The molecule has 8 nitrogen and oxygen atoms in total. The quantitative estimate of drug-likeness (QED) is 0.145. The van der Waals surface area contributed by atoms with Crippen molar-refractivity contribution in [2.75, 3.05) is 9.80 Å². The van der Waals surface area contributed by atoms with E-state index in [1.54, 1.807) is 12.4 Å². The highest BCUT2D eigenvalue weighted by Gasteiger charge is 2.20. The number of hydrogen-bond acceptors (Lipinski definition) is 8. The first-order valence-electron chi connectivity index (χ1n) is 18.3. The minimum absolute atomic E-state index is 0.535. The molecule has 0 saturated carbocycles. The van der Waals surface area contributed by atoms with Gasteiger partial charge in [0.25, 0.3) is 0 Å². The van der Waals surface area contributed by atoms with Crippen molar-refractivity contribution in [1.82, 2.24) is 19.9 Å². The number of benzene rings is 6. The standard InChI is InChI=1S/C48H32N6O2/c1-3-11-35(12-4-1)53(39-15-9-29-49-31-39)37-25-21-33(22-26-37)47-51-43-19-7-17-41(45(43)55-47)42-18-8-20-44-46(42)56-48(52-44)34-23-27-38(28-24-34)54(36-13-5-2-6-14-36)40-16-10-30-50-32-40/h1-32H. The van der Waals surface area contributed by atoms with Crippen LogP contribution in [0.25, 0.3) is 56.2 Å². The van der Waals surface area contributed by atoms with Crippen LogP contribution in [-0.4, -0.2) is 19.9 Å². The second-order valence-corrected chi connectivity index (χ2v) is 13.2. The smallest absolute Gasteiger partial charge is 0.227 e. The SMILES string of the molecule is c1ccc(N(c2ccc(-c3nc4cccc(-c5cccc6nc(-c7ccc(N(c8ccccc8)c8cccnc8)cc7)oc56)c4o3)cc2)c2cccnc2)cc1. The predicted molar refractivity (Wildman–Crippen MR) is 223 cm³/mol. The Bertz CT molecular complexity index is 2620. The lowest BCUT2D eigenvalue weighted by Crippen LogP contribution is -2.09. The van der Waals surface area contributed by atoms with Gasteiger partial charge in [-0.2, -0.15) is 0 Å². The maximum Gasteiger partial charge on any atom is 0.227 e. The summed E-state index contributed by atoms with van der Waals surface area (Å²) in [4.78, 5) is 22.9. The van der Waals surface area contributed by atoms with E-state index < -0.39 is 0 Å². The molecule has 0 fully saturated rings. The highest BCUT2D eigenvalue weighted by Crippen LogP contribution is 2.40. The van der Waals surface area contributed by atoms with E-state index in [4.69, 9.17) is 18.8 Å². The molecular formula is C48H32N6O2. The Hall–Kier alpha value is -7.84. The van der Waals surface area contributed by atoms with Crippen molar-refractivity contribution in [3.05, 3.63) is 195 Å². The van der Waals surface area contributed by atoms with Crippen LogP contribution in [0.2, 0.25) is 0 Å². The number of aromatic nitrogens is 4. The van der Waals surface area contributed by atoms with Gasteiger partial charge in [-0.05, 0) is 109 Å². The zero-order valence-electron chi connectivity index (χ0n) is 30.0. The number of oxazole rings is 2. The molecule has 4 aromatic heterocycles. The summed E-state index contributed by atoms with van der Waals surface area (Å²) < 4.78 is 13.1. The topological polar surface area (TPSA) is 84.3 Å². The zero-order valence-corrected chi connectivity index (χ0v) is 30.0. The molecule has 0 spiro atoms. The lowest BCUT2D eigenvalue weighted by Gasteiger charge is -2.25. The fraction of sp³-hybridized carbons (Fsp3) is 0. The Morgan fingerprint density at radius 3 is 1.12 bits per heavy atom. The highest BCUT2D eigenvalue weighted by atomic mass is 16.4. The lowest BCUT2D eigenvalue weighted by atomic mass is 10.0. The molecule has 0 radical (unpaired) electrons. The predicted octanol–water partition coefficient (Wildman–Crippen LogP) is 12.7. The third-order valence-electron chi connectivity index (χ3n) is 9.70. The molecule has 0 amide bonds. The number of anilines is 6. The van der Waals surface area contributed by atoms with E-state index >= 15 is 0 Å². The molecule has 0 unspecified atom stereocenters. The molecule has 0 N–H and O–H groups in total. The summed E-state index contributed by atoms with van der Waals surface area (Å²) in [5.74, 6) is 1.07. The van der Waals surface area contributed by atoms with E-state index in [-0.39, 0.29) is 0 Å². The highest BCUT2D eigenvalue weighted by molar-refractivity contribution is 6.00. The first kappa shape index (κ1) is 32.8. The zero-order chi connectivity index (χ0) is 37.3. The van der Waals surface area contributed by atoms with Crippen molar-refractivity contribution in [3.8, 4) is 34.0 Å². The summed E-state index contributed by atoms with van der Waals surface area (Å²) in [5, 5.41) is 0. The van der Waals surface area contributed by atoms with E-state index in [9.17, 15) is 0 Å². The van der Waals surface area contributed by atoms with E-state index in [0.717, 1.165) is 67.4 Å². The van der Waals surface area contributed by atoms with Crippen LogP contribution in [0.5, 0.6) is 0 Å². The van der Waals surface area contributed by atoms with Gasteiger partial charge in [0.05, 0.1) is 23.8 Å². The molecule has 0 aliphatic carbocycles. The van der Waals surface area contributed by atoms with Gasteiger partial charge in [-0.3, -0.25) is 9.97 Å². The number of nitrogens with zero attached hydrogens (tertiary/aromatic N) is 6. The van der Waals surface area contributed by atoms with Crippen molar-refractivity contribution in [2.45, 2.75) is 0 Å². The van der Waals surface area contributed by atoms with Crippen molar-refractivity contribution in [1.29, 1.82) is 0 Å². The van der Waals surface area contributed by atoms with Gasteiger partial charge in [-0.1, -0.05) is 60.7 Å². The van der Waals surface area contributed by atoms with Crippen molar-refractivity contribution in [2.24, 2.45) is 0 Å². The third-order valence-corrected chi connectivity index (χ3v) is 9.70. The monoisotopic (exact) mass is 724 g/mol. The van der Waals surface area contributed by atoms with Gasteiger partial charge in [0.15, 0.2) is 11.2 Å². The van der Waals surface area contributed by atoms with Gasteiger partial charge >= 0.3 is 0 Å². The normalized spacial score (nSPS) is 11.2. The average molecular weight is 725 g/mol. The molecule has 10 rings (SSSR count). The minimum Gasteiger partial charge on any atom is -0.435 e. The van der Waals surface area contributed by atoms with Crippen molar-refractivity contribution in [3.63, 3.8) is 0 Å². The Morgan fingerprint density at radius 2 is 0.732 bits per heavy atom. The number of hydrogen-bond donors (Lipinski definition) is 0. The second-order valence-electron chi connectivity index (χ2n) is 13.2. The Balaban J connectivity index is 0.973. The van der Waals surface area contributed by atoms with Gasteiger partial charge in [0.2, 0.25) is 11.8 Å². The molecule has 266 valence electrons. The van der Waals surface area contributed by atoms with E-state index in [2.05, 4.69) is 80.4 Å². The van der Waals surface area contributed by atoms with Crippen LogP contribution in [-0.2, 0) is 0 Å². The molecule has 6 aromatic carbocycles. The molecule has 0 atom stereocenters. The summed E-state index contributed by atoms with van der Waals surface area (Å²) >= 11 is 0. The van der Waals surface area contributed by atoms with Crippen LogP contribution in [0, 0.1) is 0 Å². The van der Waals surface area contributed by atoms with Gasteiger partial charge in [-0.25, -0.2) is 9.97 Å². The molecule has 10 aromatic rings. The molecule has 0 bridgehead atoms. The summed E-state index contributed by atoms with van der Waals surface area (Å²) in [5.41, 5.74) is 12.4. The summed E-state index contributed by atoms with van der Waals surface area (Å²) in [6, 6.07) is 56.9. The average Bonchev–Trinajstić information content (AvgIpc) is 3.92. The molecule has 56 heavy (non-hydrogen) atoms. The van der Waals surface area contributed by atoms with Crippen LogP contribution >= 0.6 is 0 Å². The van der Waals surface area contributed by atoms with Gasteiger partial charge in [-0.15, -0.1) is 0 Å².